The number of pyridine rings is 1. The number of hydrogen-bond donors (Lipinski definition) is 1. The zero-order valence-electron chi connectivity index (χ0n) is 18.3. The van der Waals surface area contributed by atoms with Gasteiger partial charge in [0.25, 0.3) is 0 Å². The van der Waals surface area contributed by atoms with Gasteiger partial charge in [-0.1, -0.05) is 23.7 Å². The van der Waals surface area contributed by atoms with Crippen LogP contribution in [0.15, 0.2) is 36.5 Å². The van der Waals surface area contributed by atoms with Gasteiger partial charge >= 0.3 is 0 Å². The standard InChI is InChI=1S/C24H29ClN4O2S/c1-30-31-32-29-11-6-17(7-12-29)23-20-5-4-19(25)16-21(20)22(28-13-9-26-10-14-28)15-18-3-2-8-27-24(18)23/h2-5,8,15-17,23,26H,6-7,9-14H2,1H3. The molecule has 1 atom stereocenters. The molecule has 3 aliphatic rings. The summed E-state index contributed by atoms with van der Waals surface area (Å²) in [5.41, 5.74) is 6.26. The molecule has 2 aliphatic heterocycles. The maximum Gasteiger partial charge on any atom is 0.121 e. The van der Waals surface area contributed by atoms with E-state index < -0.39 is 0 Å². The third-order valence-corrected chi connectivity index (χ3v) is 7.72. The summed E-state index contributed by atoms with van der Waals surface area (Å²) in [6, 6.07) is 10.7. The van der Waals surface area contributed by atoms with Gasteiger partial charge in [-0.15, -0.1) is 4.33 Å². The van der Waals surface area contributed by atoms with Gasteiger partial charge in [-0.2, -0.15) is 0 Å². The van der Waals surface area contributed by atoms with E-state index in [1.165, 1.54) is 40.3 Å². The predicted octanol–water partition coefficient (Wildman–Crippen LogP) is 4.44. The van der Waals surface area contributed by atoms with Gasteiger partial charge in [0.15, 0.2) is 0 Å². The van der Waals surface area contributed by atoms with E-state index in [-0.39, 0.29) is 5.92 Å². The summed E-state index contributed by atoms with van der Waals surface area (Å²) in [7, 11) is 1.54. The van der Waals surface area contributed by atoms with Crippen LogP contribution >= 0.6 is 23.8 Å². The zero-order valence-corrected chi connectivity index (χ0v) is 19.9. The largest absolute Gasteiger partial charge is 0.368 e. The molecule has 6 nitrogen and oxygen atoms in total. The summed E-state index contributed by atoms with van der Waals surface area (Å²) >= 11 is 7.84. The Morgan fingerprint density at radius 3 is 2.72 bits per heavy atom. The van der Waals surface area contributed by atoms with E-state index in [1.807, 2.05) is 18.3 Å². The van der Waals surface area contributed by atoms with Gasteiger partial charge in [-0.25, -0.2) is 9.19 Å². The normalized spacial score (nSPS) is 22.1. The van der Waals surface area contributed by atoms with Gasteiger partial charge in [-0.3, -0.25) is 4.98 Å². The Bertz CT molecular complexity index is 974. The second-order valence-electron chi connectivity index (χ2n) is 8.53. The van der Waals surface area contributed by atoms with Gasteiger partial charge in [0, 0.05) is 67.7 Å². The number of fused-ring (bicyclic) bond motifs is 2. The summed E-state index contributed by atoms with van der Waals surface area (Å²) < 4.78 is 7.30. The number of nitrogens with zero attached hydrogens (tertiary/aromatic N) is 3. The van der Waals surface area contributed by atoms with Crippen molar-refractivity contribution in [2.75, 3.05) is 46.4 Å². The first-order valence-electron chi connectivity index (χ1n) is 11.3. The smallest absolute Gasteiger partial charge is 0.121 e. The first kappa shape index (κ1) is 22.2. The van der Waals surface area contributed by atoms with Crippen molar-refractivity contribution in [2.24, 2.45) is 5.92 Å². The van der Waals surface area contributed by atoms with Crippen LogP contribution in [0.3, 0.4) is 0 Å². The fraction of sp³-hybridized carbons (Fsp3) is 0.458. The second-order valence-corrected chi connectivity index (χ2v) is 9.77. The molecule has 170 valence electrons. The number of benzene rings is 1. The molecule has 8 heteroatoms. The molecule has 1 aliphatic carbocycles. The SMILES string of the molecule is COOSN1CCC(C2c3ccc(Cl)cc3C(N3CCNCC3)=Cc3cccnc32)CC1. The molecule has 0 radical (unpaired) electrons. The minimum Gasteiger partial charge on any atom is -0.368 e. The van der Waals surface area contributed by atoms with Crippen molar-refractivity contribution in [3.63, 3.8) is 0 Å². The third kappa shape index (κ3) is 4.55. The van der Waals surface area contributed by atoms with Crippen molar-refractivity contribution in [1.82, 2.24) is 19.5 Å². The van der Waals surface area contributed by atoms with Crippen LogP contribution in [0.4, 0.5) is 0 Å². The third-order valence-electron chi connectivity index (χ3n) is 6.72. The Balaban J connectivity index is 1.54. The summed E-state index contributed by atoms with van der Waals surface area (Å²) in [4.78, 5) is 12.2. The molecule has 1 N–H and O–H groups in total. The zero-order chi connectivity index (χ0) is 21.9. The fourth-order valence-electron chi connectivity index (χ4n) is 5.21. The Labute approximate surface area is 199 Å². The maximum atomic E-state index is 6.54. The fourth-order valence-corrected chi connectivity index (χ4v) is 5.89. The number of nitrogens with one attached hydrogen (secondary N) is 1. The molecule has 2 fully saturated rings. The molecule has 2 aromatic rings. The van der Waals surface area contributed by atoms with Crippen LogP contribution in [0, 0.1) is 5.92 Å². The average molecular weight is 473 g/mol. The minimum absolute atomic E-state index is 0.241. The number of piperazine rings is 1. The summed E-state index contributed by atoms with van der Waals surface area (Å²) in [6.45, 7) is 5.89. The first-order valence-corrected chi connectivity index (χ1v) is 12.4. The molecular weight excluding hydrogens is 444 g/mol. The summed E-state index contributed by atoms with van der Waals surface area (Å²) in [5, 5.41) is 4.25. The molecule has 0 amide bonds. The highest BCUT2D eigenvalue weighted by Crippen LogP contribution is 2.45. The number of piperidine rings is 1. The molecule has 5 rings (SSSR count). The molecule has 2 saturated heterocycles. The predicted molar refractivity (Wildman–Crippen MR) is 130 cm³/mol. The van der Waals surface area contributed by atoms with Crippen molar-refractivity contribution in [3.8, 4) is 0 Å². The van der Waals surface area contributed by atoms with Crippen molar-refractivity contribution in [3.05, 3.63) is 63.9 Å². The highest BCUT2D eigenvalue weighted by atomic mass is 35.5. The number of halogens is 1. The number of hydrogen-bond acceptors (Lipinski definition) is 7. The van der Waals surface area contributed by atoms with E-state index in [1.54, 1.807) is 7.11 Å². The van der Waals surface area contributed by atoms with E-state index >= 15 is 0 Å². The van der Waals surface area contributed by atoms with Gasteiger partial charge in [0.2, 0.25) is 0 Å². The summed E-state index contributed by atoms with van der Waals surface area (Å²) in [5.74, 6) is 0.740. The van der Waals surface area contributed by atoms with Crippen LogP contribution in [0.5, 0.6) is 0 Å². The lowest BCUT2D eigenvalue weighted by Crippen LogP contribution is -2.42. The van der Waals surface area contributed by atoms with Crippen molar-refractivity contribution >= 4 is 35.6 Å². The van der Waals surface area contributed by atoms with Crippen LogP contribution in [0.1, 0.15) is 41.1 Å². The van der Waals surface area contributed by atoms with Crippen molar-refractivity contribution in [2.45, 2.75) is 18.8 Å². The second kappa shape index (κ2) is 10.1. The lowest BCUT2D eigenvalue weighted by molar-refractivity contribution is -0.163. The molecular formula is C24H29ClN4O2S. The van der Waals surface area contributed by atoms with Gasteiger partial charge in [-0.05, 0) is 54.2 Å². The average Bonchev–Trinajstić information content (AvgIpc) is 2.98. The van der Waals surface area contributed by atoms with E-state index in [2.05, 4.69) is 38.8 Å². The summed E-state index contributed by atoms with van der Waals surface area (Å²) in [6.07, 6.45) is 6.42. The quantitative estimate of drug-likeness (QED) is 0.299. The number of aromatic nitrogens is 1. The molecule has 1 aromatic heterocycles. The first-order chi connectivity index (χ1) is 15.7. The van der Waals surface area contributed by atoms with E-state index in [0.29, 0.717) is 5.92 Å². The Morgan fingerprint density at radius 2 is 1.94 bits per heavy atom. The van der Waals surface area contributed by atoms with E-state index in [9.17, 15) is 0 Å². The molecule has 0 bridgehead atoms. The Morgan fingerprint density at radius 1 is 1.12 bits per heavy atom. The van der Waals surface area contributed by atoms with Crippen LogP contribution in [0.2, 0.25) is 5.02 Å². The lowest BCUT2D eigenvalue weighted by atomic mass is 9.76. The van der Waals surface area contributed by atoms with Gasteiger partial charge in [0.1, 0.15) is 12.2 Å². The van der Waals surface area contributed by atoms with E-state index in [4.69, 9.17) is 25.8 Å². The van der Waals surface area contributed by atoms with Crippen LogP contribution in [-0.2, 0) is 9.22 Å². The Kier molecular flexibility index (Phi) is 7.02. The minimum atomic E-state index is 0.241. The van der Waals surface area contributed by atoms with Crippen LogP contribution in [-0.4, -0.2) is 60.6 Å². The van der Waals surface area contributed by atoms with Gasteiger partial charge < -0.3 is 10.2 Å². The molecule has 1 unspecified atom stereocenters. The number of rotatable bonds is 5. The van der Waals surface area contributed by atoms with Crippen molar-refractivity contribution < 1.29 is 9.22 Å². The monoisotopic (exact) mass is 472 g/mol. The van der Waals surface area contributed by atoms with Crippen molar-refractivity contribution in [1.29, 1.82) is 0 Å². The lowest BCUT2D eigenvalue weighted by Gasteiger charge is -2.36. The highest BCUT2D eigenvalue weighted by Gasteiger charge is 2.35. The molecule has 1 aromatic carbocycles. The molecule has 0 saturated carbocycles. The topological polar surface area (TPSA) is 49.9 Å². The maximum absolute atomic E-state index is 6.54. The molecule has 0 spiro atoms. The van der Waals surface area contributed by atoms with E-state index in [0.717, 1.165) is 57.1 Å². The van der Waals surface area contributed by atoms with Crippen LogP contribution < -0.4 is 5.32 Å². The van der Waals surface area contributed by atoms with Gasteiger partial charge in [0.05, 0.1) is 12.8 Å². The molecule has 3 heterocycles. The van der Waals surface area contributed by atoms with Crippen LogP contribution in [0.25, 0.3) is 11.8 Å². The Hall–Kier alpha value is -1.61. The highest BCUT2D eigenvalue weighted by molar-refractivity contribution is 7.92. The molecule has 32 heavy (non-hydrogen) atoms.